The van der Waals surface area contributed by atoms with Gasteiger partial charge in [0.15, 0.2) is 0 Å². The minimum atomic E-state index is -0.0702. The number of nitrogens with zero attached hydrogens (tertiary/aromatic N) is 2. The lowest BCUT2D eigenvalue weighted by atomic mass is 9.97. The predicted molar refractivity (Wildman–Crippen MR) is 137 cm³/mol. The Morgan fingerprint density at radius 2 is 1.62 bits per heavy atom. The molecular formula is C28H29N3O2S. The zero-order valence-electron chi connectivity index (χ0n) is 19.3. The monoisotopic (exact) mass is 471 g/mol. The molecule has 5 nitrogen and oxygen atoms in total. The minimum absolute atomic E-state index is 0.0702. The Balaban J connectivity index is 1.37. The molecule has 0 saturated heterocycles. The number of thiophene rings is 1. The first-order valence-electron chi connectivity index (χ1n) is 12.1. The summed E-state index contributed by atoms with van der Waals surface area (Å²) in [6, 6.07) is 20.3. The minimum Gasteiger partial charge on any atom is -0.335 e. The van der Waals surface area contributed by atoms with Crippen molar-refractivity contribution in [3.8, 4) is 0 Å². The number of aromatic amines is 1. The van der Waals surface area contributed by atoms with Crippen molar-refractivity contribution in [2.24, 2.45) is 0 Å². The van der Waals surface area contributed by atoms with Crippen LogP contribution in [0.1, 0.15) is 46.7 Å². The molecule has 0 atom stereocenters. The van der Waals surface area contributed by atoms with Crippen molar-refractivity contribution in [1.82, 2.24) is 14.9 Å². The number of nitrogens with one attached hydrogen (secondary N) is 1. The molecule has 5 rings (SSSR count). The molecule has 2 aromatic heterocycles. The summed E-state index contributed by atoms with van der Waals surface area (Å²) in [4.78, 5) is 38.0. The predicted octanol–water partition coefficient (Wildman–Crippen LogP) is 5.07. The van der Waals surface area contributed by atoms with Crippen LogP contribution in [0.5, 0.6) is 0 Å². The molecule has 0 radical (unpaired) electrons. The maximum absolute atomic E-state index is 13.3. The molecule has 4 aromatic rings. The second-order valence-corrected chi connectivity index (χ2v) is 10.0. The Morgan fingerprint density at radius 1 is 0.941 bits per heavy atom. The first-order valence-corrected chi connectivity index (χ1v) is 12.9. The van der Waals surface area contributed by atoms with Gasteiger partial charge in [-0.25, -0.2) is 4.98 Å². The van der Waals surface area contributed by atoms with Gasteiger partial charge < -0.3 is 9.88 Å². The zero-order valence-corrected chi connectivity index (χ0v) is 20.1. The van der Waals surface area contributed by atoms with E-state index in [0.29, 0.717) is 31.8 Å². The Kier molecular flexibility index (Phi) is 6.86. The average molecular weight is 472 g/mol. The third-order valence-corrected chi connectivity index (χ3v) is 7.74. The van der Waals surface area contributed by atoms with Crippen molar-refractivity contribution < 1.29 is 4.79 Å². The largest absolute Gasteiger partial charge is 0.335 e. The van der Waals surface area contributed by atoms with Crippen LogP contribution in [-0.2, 0) is 37.0 Å². The Morgan fingerprint density at radius 3 is 2.35 bits per heavy atom. The highest BCUT2D eigenvalue weighted by Crippen LogP contribution is 2.33. The molecular weight excluding hydrogens is 442 g/mol. The van der Waals surface area contributed by atoms with Crippen LogP contribution in [0.3, 0.4) is 0 Å². The number of carbonyl (C=O) groups is 1. The molecule has 2 heterocycles. The number of benzene rings is 2. The molecule has 2 aromatic carbocycles. The molecule has 6 heteroatoms. The lowest BCUT2D eigenvalue weighted by molar-refractivity contribution is -0.131. The van der Waals surface area contributed by atoms with Crippen molar-refractivity contribution in [3.63, 3.8) is 0 Å². The number of aryl methyl sites for hydroxylation is 3. The maximum Gasteiger partial charge on any atom is 0.259 e. The van der Waals surface area contributed by atoms with Crippen molar-refractivity contribution in [3.05, 3.63) is 98.4 Å². The molecule has 0 spiro atoms. The molecule has 1 aliphatic carbocycles. The van der Waals surface area contributed by atoms with E-state index < -0.39 is 0 Å². The molecule has 0 saturated carbocycles. The lowest BCUT2D eigenvalue weighted by Gasteiger charge is -2.22. The van der Waals surface area contributed by atoms with Gasteiger partial charge in [0.05, 0.1) is 11.9 Å². The van der Waals surface area contributed by atoms with Gasteiger partial charge in [0.1, 0.15) is 10.7 Å². The summed E-state index contributed by atoms with van der Waals surface area (Å²) in [5.74, 6) is 0.644. The fraction of sp³-hybridized carbons (Fsp3) is 0.321. The second kappa shape index (κ2) is 10.3. The molecule has 34 heavy (non-hydrogen) atoms. The second-order valence-electron chi connectivity index (χ2n) is 8.94. The number of fused-ring (bicyclic) bond motifs is 3. The van der Waals surface area contributed by atoms with Gasteiger partial charge in [-0.2, -0.15) is 0 Å². The van der Waals surface area contributed by atoms with Crippen LogP contribution in [0.2, 0.25) is 0 Å². The van der Waals surface area contributed by atoms with Gasteiger partial charge in [0.2, 0.25) is 5.91 Å². The van der Waals surface area contributed by atoms with E-state index >= 15 is 0 Å². The van der Waals surface area contributed by atoms with Gasteiger partial charge >= 0.3 is 0 Å². The van der Waals surface area contributed by atoms with Crippen LogP contribution < -0.4 is 5.56 Å². The standard InChI is InChI=1S/C28H29N3O2S/c32-25(16-15-20-9-3-1-4-10-20)31(18-17-21-11-5-2-6-12-21)19-24-29-27(33)26-22-13-7-8-14-23(22)34-28(26)30-24/h1-6,9-12H,7-8,13-19H2,(H,29,30,33). The summed E-state index contributed by atoms with van der Waals surface area (Å²) in [5, 5.41) is 0.759. The number of hydrogen-bond acceptors (Lipinski definition) is 4. The average Bonchev–Trinajstić information content (AvgIpc) is 3.25. The van der Waals surface area contributed by atoms with Crippen LogP contribution in [0, 0.1) is 0 Å². The van der Waals surface area contributed by atoms with Gasteiger partial charge in [-0.1, -0.05) is 60.7 Å². The molecule has 0 fully saturated rings. The fourth-order valence-corrected chi connectivity index (χ4v) is 6.00. The van der Waals surface area contributed by atoms with Crippen molar-refractivity contribution in [2.45, 2.75) is 51.5 Å². The zero-order chi connectivity index (χ0) is 23.3. The summed E-state index contributed by atoms with van der Waals surface area (Å²) in [6.07, 6.45) is 6.18. The smallest absolute Gasteiger partial charge is 0.259 e. The third kappa shape index (κ3) is 5.12. The van der Waals surface area contributed by atoms with Crippen LogP contribution in [0.25, 0.3) is 10.2 Å². The normalized spacial score (nSPS) is 13.1. The van der Waals surface area contributed by atoms with Gasteiger partial charge in [0, 0.05) is 17.8 Å². The van der Waals surface area contributed by atoms with Gasteiger partial charge in [-0.05, 0) is 55.2 Å². The number of hydrogen-bond donors (Lipinski definition) is 1. The van der Waals surface area contributed by atoms with E-state index in [-0.39, 0.29) is 11.5 Å². The molecule has 0 unspecified atom stereocenters. The van der Waals surface area contributed by atoms with Crippen LogP contribution in [-0.4, -0.2) is 27.3 Å². The number of carbonyl (C=O) groups excluding carboxylic acids is 1. The molecule has 1 N–H and O–H groups in total. The fourth-order valence-electron chi connectivity index (χ4n) is 4.72. The molecule has 0 aliphatic heterocycles. The summed E-state index contributed by atoms with van der Waals surface area (Å²) in [6.45, 7) is 0.897. The topological polar surface area (TPSA) is 66.1 Å². The number of aromatic nitrogens is 2. The van der Waals surface area contributed by atoms with Crippen molar-refractivity contribution in [1.29, 1.82) is 0 Å². The number of rotatable bonds is 8. The van der Waals surface area contributed by atoms with Gasteiger partial charge in [0.25, 0.3) is 5.56 Å². The van der Waals surface area contributed by atoms with Crippen molar-refractivity contribution in [2.75, 3.05) is 6.54 Å². The van der Waals surface area contributed by atoms with E-state index in [0.717, 1.165) is 41.5 Å². The van der Waals surface area contributed by atoms with E-state index in [1.165, 1.54) is 22.4 Å². The van der Waals surface area contributed by atoms with Crippen LogP contribution in [0.4, 0.5) is 0 Å². The SMILES string of the molecule is O=C(CCc1ccccc1)N(CCc1ccccc1)Cc1nc2sc3c(c2c(=O)[nH]1)CCCC3. The highest BCUT2D eigenvalue weighted by molar-refractivity contribution is 7.18. The summed E-state index contributed by atoms with van der Waals surface area (Å²) in [7, 11) is 0. The third-order valence-electron chi connectivity index (χ3n) is 6.55. The highest BCUT2D eigenvalue weighted by Gasteiger charge is 2.21. The Bertz CT molecular complexity index is 1330. The number of amides is 1. The van der Waals surface area contributed by atoms with E-state index in [9.17, 15) is 9.59 Å². The van der Waals surface area contributed by atoms with E-state index in [2.05, 4.69) is 17.1 Å². The summed E-state index contributed by atoms with van der Waals surface area (Å²) < 4.78 is 0. The molecule has 1 amide bonds. The maximum atomic E-state index is 13.3. The molecule has 0 bridgehead atoms. The van der Waals surface area contributed by atoms with Crippen molar-refractivity contribution >= 4 is 27.5 Å². The number of H-pyrrole nitrogens is 1. The first-order chi connectivity index (χ1) is 16.7. The summed E-state index contributed by atoms with van der Waals surface area (Å²) in [5.41, 5.74) is 3.45. The summed E-state index contributed by atoms with van der Waals surface area (Å²) >= 11 is 1.65. The highest BCUT2D eigenvalue weighted by atomic mass is 32.1. The van der Waals surface area contributed by atoms with E-state index in [1.807, 2.05) is 53.4 Å². The van der Waals surface area contributed by atoms with Crippen LogP contribution in [0.15, 0.2) is 65.5 Å². The quantitative estimate of drug-likeness (QED) is 0.390. The first kappa shape index (κ1) is 22.5. The van der Waals surface area contributed by atoms with E-state index in [1.54, 1.807) is 11.3 Å². The van der Waals surface area contributed by atoms with E-state index in [4.69, 9.17) is 4.98 Å². The Labute approximate surface area is 203 Å². The molecule has 174 valence electrons. The van der Waals surface area contributed by atoms with Crippen LogP contribution >= 0.6 is 11.3 Å². The molecule has 1 aliphatic rings. The Hall–Kier alpha value is -3.25. The lowest BCUT2D eigenvalue weighted by Crippen LogP contribution is -2.34. The van der Waals surface area contributed by atoms with Gasteiger partial charge in [-0.3, -0.25) is 9.59 Å². The van der Waals surface area contributed by atoms with Gasteiger partial charge in [-0.15, -0.1) is 11.3 Å².